The van der Waals surface area contributed by atoms with Crippen LogP contribution < -0.4 is 5.32 Å². The van der Waals surface area contributed by atoms with Gasteiger partial charge >= 0.3 is 0 Å². The van der Waals surface area contributed by atoms with Crippen LogP contribution in [0.4, 0.5) is 8.78 Å². The topological polar surface area (TPSA) is 21.3 Å². The maximum atomic E-state index is 12.6. The van der Waals surface area contributed by atoms with E-state index >= 15 is 0 Å². The number of alkyl halides is 2. The lowest BCUT2D eigenvalue weighted by Crippen LogP contribution is -2.56. The maximum absolute atomic E-state index is 12.6. The maximum Gasteiger partial charge on any atom is 0.258 e. The van der Waals surface area contributed by atoms with Crippen LogP contribution in [-0.4, -0.2) is 31.7 Å². The smallest absolute Gasteiger partial charge is 0.258 e. The molecule has 2 nitrogen and oxygen atoms in total. The number of halogens is 2. The molecule has 1 heterocycles. The third kappa shape index (κ3) is 1.93. The van der Waals surface area contributed by atoms with Crippen LogP contribution in [0.5, 0.6) is 0 Å². The van der Waals surface area contributed by atoms with Gasteiger partial charge in [0.15, 0.2) is 0 Å². The highest BCUT2D eigenvalue weighted by Crippen LogP contribution is 2.25. The highest BCUT2D eigenvalue weighted by molar-refractivity contribution is 4.92. The molecule has 1 saturated heterocycles. The molecular weight excluding hydrogens is 164 g/mol. The van der Waals surface area contributed by atoms with Gasteiger partial charge in [-0.15, -0.1) is 0 Å². The molecule has 1 rings (SSSR count). The highest BCUT2D eigenvalue weighted by atomic mass is 19.3. The average Bonchev–Trinajstić information content (AvgIpc) is 2.06. The van der Waals surface area contributed by atoms with Gasteiger partial charge in [-0.25, -0.2) is 8.78 Å². The molecule has 0 amide bonds. The normalized spacial score (nSPS) is 31.0. The Bertz CT molecular complexity index is 130. The van der Waals surface area contributed by atoms with Crippen molar-refractivity contribution in [1.29, 1.82) is 0 Å². The van der Waals surface area contributed by atoms with Crippen LogP contribution in [0.3, 0.4) is 0 Å². The number of rotatable bonds is 3. The van der Waals surface area contributed by atoms with Crippen molar-refractivity contribution in [3.05, 3.63) is 0 Å². The molecule has 0 aromatic carbocycles. The molecule has 1 atom stereocenters. The van der Waals surface area contributed by atoms with Gasteiger partial charge in [0, 0.05) is 6.61 Å². The number of hydrogen-bond acceptors (Lipinski definition) is 2. The Morgan fingerprint density at radius 1 is 1.58 bits per heavy atom. The minimum absolute atomic E-state index is 0.137. The van der Waals surface area contributed by atoms with E-state index in [-0.39, 0.29) is 6.61 Å². The van der Waals surface area contributed by atoms with Crippen LogP contribution in [-0.2, 0) is 4.74 Å². The summed E-state index contributed by atoms with van der Waals surface area (Å²) >= 11 is 0. The van der Waals surface area contributed by atoms with Crippen LogP contribution in [0.25, 0.3) is 0 Å². The first-order valence-electron chi connectivity index (χ1n) is 4.32. The molecule has 0 aromatic heterocycles. The Kier molecular flexibility index (Phi) is 3.40. The minimum Gasteiger partial charge on any atom is -0.379 e. The first-order valence-corrected chi connectivity index (χ1v) is 4.32. The Labute approximate surface area is 71.3 Å². The summed E-state index contributed by atoms with van der Waals surface area (Å²) in [6, 6.07) is 0. The number of likely N-dealkylation sites (N-methyl/N-ethyl adjacent to an activating group) is 1. The third-order valence-electron chi connectivity index (χ3n) is 2.22. The van der Waals surface area contributed by atoms with E-state index in [0.29, 0.717) is 19.6 Å². The van der Waals surface area contributed by atoms with Crippen molar-refractivity contribution in [3.8, 4) is 0 Å². The van der Waals surface area contributed by atoms with Crippen molar-refractivity contribution in [3.63, 3.8) is 0 Å². The van der Waals surface area contributed by atoms with Crippen molar-refractivity contribution in [1.82, 2.24) is 5.32 Å². The molecule has 1 aliphatic heterocycles. The lowest BCUT2D eigenvalue weighted by molar-refractivity contribution is -0.0630. The fourth-order valence-electron chi connectivity index (χ4n) is 1.56. The Balaban J connectivity index is 2.56. The molecule has 4 heteroatoms. The Morgan fingerprint density at radius 3 is 2.75 bits per heavy atom. The summed E-state index contributed by atoms with van der Waals surface area (Å²) in [5, 5.41) is 2.82. The second-order valence-electron chi connectivity index (χ2n) is 3.14. The van der Waals surface area contributed by atoms with Gasteiger partial charge in [0.2, 0.25) is 0 Å². The highest BCUT2D eigenvalue weighted by Gasteiger charge is 2.40. The van der Waals surface area contributed by atoms with Gasteiger partial charge in [-0.1, -0.05) is 6.92 Å². The summed E-state index contributed by atoms with van der Waals surface area (Å²) in [6.07, 6.45) is -1.10. The van der Waals surface area contributed by atoms with E-state index in [0.717, 1.165) is 6.42 Å². The van der Waals surface area contributed by atoms with Gasteiger partial charge in [-0.05, 0) is 19.4 Å². The Hall–Kier alpha value is -0.220. The van der Waals surface area contributed by atoms with Gasteiger partial charge in [0.25, 0.3) is 6.43 Å². The Morgan fingerprint density at radius 2 is 2.33 bits per heavy atom. The number of hydrogen-bond donors (Lipinski definition) is 1. The molecule has 12 heavy (non-hydrogen) atoms. The summed E-state index contributed by atoms with van der Waals surface area (Å²) < 4.78 is 30.3. The van der Waals surface area contributed by atoms with Gasteiger partial charge in [-0.2, -0.15) is 0 Å². The first-order chi connectivity index (χ1) is 5.71. The molecule has 0 aromatic rings. The molecule has 0 saturated carbocycles. The van der Waals surface area contributed by atoms with E-state index in [2.05, 4.69) is 5.32 Å². The van der Waals surface area contributed by atoms with Crippen LogP contribution in [0.2, 0.25) is 0 Å². The zero-order valence-electron chi connectivity index (χ0n) is 7.28. The summed E-state index contributed by atoms with van der Waals surface area (Å²) in [7, 11) is 0. The summed E-state index contributed by atoms with van der Waals surface area (Å²) in [5.41, 5.74) is -1.08. The molecule has 0 aliphatic carbocycles. The second kappa shape index (κ2) is 4.14. The number of nitrogens with one attached hydrogen (secondary N) is 1. The molecule has 0 radical (unpaired) electrons. The lowest BCUT2D eigenvalue weighted by atomic mass is 9.93. The van der Waals surface area contributed by atoms with E-state index in [1.165, 1.54) is 0 Å². The zero-order chi connectivity index (χ0) is 9.03. The van der Waals surface area contributed by atoms with Gasteiger partial charge in [0.1, 0.15) is 5.54 Å². The summed E-state index contributed by atoms with van der Waals surface area (Å²) in [5.74, 6) is 0. The van der Waals surface area contributed by atoms with Crippen LogP contribution in [0, 0.1) is 0 Å². The largest absolute Gasteiger partial charge is 0.379 e. The van der Waals surface area contributed by atoms with Crippen molar-refractivity contribution < 1.29 is 13.5 Å². The summed E-state index contributed by atoms with van der Waals surface area (Å²) in [6.45, 7) is 3.14. The molecule has 1 aliphatic rings. The molecule has 1 N–H and O–H groups in total. The molecule has 72 valence electrons. The van der Waals surface area contributed by atoms with E-state index in [1.807, 2.05) is 6.92 Å². The third-order valence-corrected chi connectivity index (χ3v) is 2.22. The fraction of sp³-hybridized carbons (Fsp3) is 1.00. The standard InChI is InChI=1S/C8H15F2NO/c1-2-11-8(7(9)10)4-3-5-12-6-8/h7,11H,2-6H2,1H3. The van der Waals surface area contributed by atoms with Crippen molar-refractivity contribution in [2.45, 2.75) is 31.7 Å². The molecule has 0 bridgehead atoms. The summed E-state index contributed by atoms with van der Waals surface area (Å²) in [4.78, 5) is 0. The van der Waals surface area contributed by atoms with Gasteiger partial charge < -0.3 is 10.1 Å². The van der Waals surface area contributed by atoms with Crippen LogP contribution in [0.15, 0.2) is 0 Å². The van der Waals surface area contributed by atoms with E-state index in [4.69, 9.17) is 4.74 Å². The molecule has 1 unspecified atom stereocenters. The van der Waals surface area contributed by atoms with Crippen molar-refractivity contribution in [2.75, 3.05) is 19.8 Å². The lowest BCUT2D eigenvalue weighted by Gasteiger charge is -2.36. The van der Waals surface area contributed by atoms with Crippen LogP contribution >= 0.6 is 0 Å². The zero-order valence-corrected chi connectivity index (χ0v) is 7.28. The van der Waals surface area contributed by atoms with E-state index in [1.54, 1.807) is 0 Å². The predicted octanol–water partition coefficient (Wildman–Crippen LogP) is 1.41. The van der Waals surface area contributed by atoms with Crippen LogP contribution in [0.1, 0.15) is 19.8 Å². The quantitative estimate of drug-likeness (QED) is 0.707. The monoisotopic (exact) mass is 179 g/mol. The average molecular weight is 179 g/mol. The van der Waals surface area contributed by atoms with Gasteiger partial charge in [0.05, 0.1) is 6.61 Å². The predicted molar refractivity (Wildman–Crippen MR) is 42.5 cm³/mol. The number of ether oxygens (including phenoxy) is 1. The van der Waals surface area contributed by atoms with Crippen molar-refractivity contribution >= 4 is 0 Å². The SMILES string of the molecule is CCNC1(C(F)F)CCCOC1. The molecule has 1 fully saturated rings. The minimum atomic E-state index is -2.34. The second-order valence-corrected chi connectivity index (χ2v) is 3.14. The first kappa shape index (κ1) is 9.86. The molecule has 0 spiro atoms. The fourth-order valence-corrected chi connectivity index (χ4v) is 1.56. The molecular formula is C8H15F2NO. The van der Waals surface area contributed by atoms with E-state index < -0.39 is 12.0 Å². The van der Waals surface area contributed by atoms with Crippen molar-refractivity contribution in [2.24, 2.45) is 0 Å². The van der Waals surface area contributed by atoms with E-state index in [9.17, 15) is 8.78 Å². The van der Waals surface area contributed by atoms with Gasteiger partial charge in [-0.3, -0.25) is 0 Å².